The lowest BCUT2D eigenvalue weighted by atomic mass is 10.1. The Hall–Kier alpha value is -2.47. The van der Waals surface area contributed by atoms with Gasteiger partial charge in [-0.3, -0.25) is 9.59 Å². The molecule has 5 nitrogen and oxygen atoms in total. The normalized spacial score (nSPS) is 10.8. The third-order valence-corrected chi connectivity index (χ3v) is 4.07. The minimum absolute atomic E-state index is 0.139. The highest BCUT2D eigenvalue weighted by Gasteiger charge is 2.08. The summed E-state index contributed by atoms with van der Waals surface area (Å²) in [6, 6.07) is 7.76. The number of aromatic amines is 1. The smallest absolute Gasteiger partial charge is 0.251 e. The van der Waals surface area contributed by atoms with Crippen LogP contribution in [0.3, 0.4) is 0 Å². The van der Waals surface area contributed by atoms with Crippen molar-refractivity contribution in [3.63, 3.8) is 0 Å². The first-order valence-corrected chi connectivity index (χ1v) is 7.82. The Bertz CT molecular complexity index is 869. The summed E-state index contributed by atoms with van der Waals surface area (Å²) in [6.07, 6.45) is 2.28. The van der Waals surface area contributed by atoms with Crippen molar-refractivity contribution in [2.75, 3.05) is 5.32 Å². The van der Waals surface area contributed by atoms with Gasteiger partial charge in [0, 0.05) is 29.1 Å². The number of carbonyl (C=O) groups is 1. The Morgan fingerprint density at radius 2 is 2.23 bits per heavy atom. The maximum atomic E-state index is 12.1. The van der Waals surface area contributed by atoms with Gasteiger partial charge in [-0.2, -0.15) is 0 Å². The molecular formula is C16H15N3O2S. The van der Waals surface area contributed by atoms with Crippen LogP contribution in [0.25, 0.3) is 10.9 Å². The van der Waals surface area contributed by atoms with Crippen molar-refractivity contribution in [1.82, 2.24) is 9.97 Å². The Balaban J connectivity index is 1.73. The largest absolute Gasteiger partial charge is 0.322 e. The van der Waals surface area contributed by atoms with E-state index in [0.717, 1.165) is 16.5 Å². The second-order valence-electron chi connectivity index (χ2n) is 5.10. The maximum Gasteiger partial charge on any atom is 0.251 e. The van der Waals surface area contributed by atoms with Gasteiger partial charge in [0.25, 0.3) is 5.56 Å². The summed E-state index contributed by atoms with van der Waals surface area (Å²) in [5, 5.41) is 6.06. The first-order valence-electron chi connectivity index (χ1n) is 6.94. The number of thiazole rings is 1. The van der Waals surface area contributed by atoms with E-state index in [1.807, 2.05) is 31.2 Å². The molecule has 0 fully saturated rings. The van der Waals surface area contributed by atoms with Gasteiger partial charge in [-0.1, -0.05) is 12.1 Å². The van der Waals surface area contributed by atoms with Crippen molar-refractivity contribution in [2.24, 2.45) is 0 Å². The Morgan fingerprint density at radius 3 is 3.00 bits per heavy atom. The van der Waals surface area contributed by atoms with Crippen LogP contribution in [0.1, 0.15) is 17.5 Å². The molecule has 2 aromatic heterocycles. The Kier molecular flexibility index (Phi) is 4.02. The molecule has 112 valence electrons. The topological polar surface area (TPSA) is 74.8 Å². The zero-order chi connectivity index (χ0) is 15.5. The molecule has 1 aromatic carbocycles. The number of amides is 1. The molecule has 0 saturated heterocycles. The van der Waals surface area contributed by atoms with Crippen LogP contribution >= 0.6 is 11.3 Å². The van der Waals surface area contributed by atoms with Gasteiger partial charge in [-0.15, -0.1) is 11.3 Å². The van der Waals surface area contributed by atoms with Crippen LogP contribution in [0.15, 0.2) is 40.6 Å². The van der Waals surface area contributed by atoms with Crippen LogP contribution in [0.5, 0.6) is 0 Å². The molecule has 0 bridgehead atoms. The predicted octanol–water partition coefficient (Wildman–Crippen LogP) is 2.86. The van der Waals surface area contributed by atoms with E-state index in [1.165, 1.54) is 11.3 Å². The van der Waals surface area contributed by atoms with Crippen molar-refractivity contribution >= 4 is 33.3 Å². The molecule has 22 heavy (non-hydrogen) atoms. The summed E-state index contributed by atoms with van der Waals surface area (Å²) in [5.74, 6) is -0.140. The number of nitrogens with one attached hydrogen (secondary N) is 2. The number of aryl methyl sites for hydroxylation is 2. The molecule has 6 heteroatoms. The second kappa shape index (κ2) is 6.11. The first-order chi connectivity index (χ1) is 10.6. The lowest BCUT2D eigenvalue weighted by Crippen LogP contribution is -2.17. The van der Waals surface area contributed by atoms with E-state index in [-0.39, 0.29) is 17.9 Å². The van der Waals surface area contributed by atoms with Gasteiger partial charge in [-0.25, -0.2) is 4.98 Å². The van der Waals surface area contributed by atoms with Crippen molar-refractivity contribution in [1.29, 1.82) is 0 Å². The number of hydrogen-bond acceptors (Lipinski definition) is 4. The number of benzene rings is 1. The molecule has 0 atom stereocenters. The molecule has 0 aliphatic carbocycles. The number of hydrogen-bond donors (Lipinski definition) is 2. The molecule has 3 rings (SSSR count). The summed E-state index contributed by atoms with van der Waals surface area (Å²) in [6.45, 7) is 1.98. The number of rotatable bonds is 4. The first kappa shape index (κ1) is 14.5. The van der Waals surface area contributed by atoms with Gasteiger partial charge in [-0.05, 0) is 36.4 Å². The van der Waals surface area contributed by atoms with Crippen LogP contribution in [-0.4, -0.2) is 15.9 Å². The fourth-order valence-electron chi connectivity index (χ4n) is 2.26. The highest BCUT2D eigenvalue weighted by atomic mass is 32.1. The third-order valence-electron chi connectivity index (χ3n) is 3.38. The standard InChI is InChI=1S/C16H15N3O2S/c1-10-2-3-11-9-12(15(21)18-13(11)8-10)4-5-14(20)19-16-17-6-7-22-16/h2-3,6-9H,4-5H2,1H3,(H,18,21)(H,17,19,20). The van der Waals surface area contributed by atoms with E-state index in [9.17, 15) is 9.59 Å². The average Bonchev–Trinajstić information content (AvgIpc) is 2.98. The van der Waals surface area contributed by atoms with Crippen molar-refractivity contribution in [3.8, 4) is 0 Å². The molecule has 0 aliphatic rings. The van der Waals surface area contributed by atoms with Crippen molar-refractivity contribution < 1.29 is 4.79 Å². The van der Waals surface area contributed by atoms with E-state index in [0.29, 0.717) is 17.1 Å². The molecule has 2 heterocycles. The molecule has 0 radical (unpaired) electrons. The predicted molar refractivity (Wildman–Crippen MR) is 88.4 cm³/mol. The molecule has 1 amide bonds. The second-order valence-corrected chi connectivity index (χ2v) is 5.99. The molecule has 0 saturated carbocycles. The highest BCUT2D eigenvalue weighted by Crippen LogP contribution is 2.14. The molecular weight excluding hydrogens is 298 g/mol. The summed E-state index contributed by atoms with van der Waals surface area (Å²) >= 11 is 1.37. The number of carbonyl (C=O) groups excluding carboxylic acids is 1. The Labute approximate surface area is 131 Å². The number of nitrogens with zero attached hydrogens (tertiary/aromatic N) is 1. The van der Waals surface area contributed by atoms with Crippen LogP contribution in [0.4, 0.5) is 5.13 Å². The van der Waals surface area contributed by atoms with Crippen molar-refractivity contribution in [3.05, 3.63) is 57.3 Å². The van der Waals surface area contributed by atoms with Crippen molar-refractivity contribution in [2.45, 2.75) is 19.8 Å². The monoisotopic (exact) mass is 313 g/mol. The number of fused-ring (bicyclic) bond motifs is 1. The fourth-order valence-corrected chi connectivity index (χ4v) is 2.81. The SMILES string of the molecule is Cc1ccc2cc(CCC(=O)Nc3nccs3)c(=O)[nH]c2c1. The maximum absolute atomic E-state index is 12.1. The van der Waals surface area contributed by atoms with Gasteiger partial charge < -0.3 is 10.3 Å². The van der Waals surface area contributed by atoms with Gasteiger partial charge in [0.05, 0.1) is 0 Å². The minimum Gasteiger partial charge on any atom is -0.322 e. The fraction of sp³-hybridized carbons (Fsp3) is 0.188. The zero-order valence-corrected chi connectivity index (χ0v) is 12.9. The lowest BCUT2D eigenvalue weighted by Gasteiger charge is -2.04. The Morgan fingerprint density at radius 1 is 1.36 bits per heavy atom. The van der Waals surface area contributed by atoms with Gasteiger partial charge >= 0.3 is 0 Å². The van der Waals surface area contributed by atoms with E-state index < -0.39 is 0 Å². The zero-order valence-electron chi connectivity index (χ0n) is 12.1. The average molecular weight is 313 g/mol. The molecule has 3 aromatic rings. The van der Waals surface area contributed by atoms with E-state index in [1.54, 1.807) is 11.6 Å². The number of anilines is 1. The van der Waals surface area contributed by atoms with E-state index >= 15 is 0 Å². The number of H-pyrrole nitrogens is 1. The molecule has 0 spiro atoms. The van der Waals surface area contributed by atoms with Crippen LogP contribution in [0, 0.1) is 6.92 Å². The van der Waals surface area contributed by atoms with Crippen LogP contribution in [0.2, 0.25) is 0 Å². The van der Waals surface area contributed by atoms with E-state index in [4.69, 9.17) is 0 Å². The third kappa shape index (κ3) is 3.23. The number of pyridine rings is 1. The van der Waals surface area contributed by atoms with E-state index in [2.05, 4.69) is 15.3 Å². The van der Waals surface area contributed by atoms with Crippen LogP contribution < -0.4 is 10.9 Å². The highest BCUT2D eigenvalue weighted by molar-refractivity contribution is 7.13. The summed E-state index contributed by atoms with van der Waals surface area (Å²) in [4.78, 5) is 30.8. The summed E-state index contributed by atoms with van der Waals surface area (Å²) in [5.41, 5.74) is 2.39. The molecule has 2 N–H and O–H groups in total. The quantitative estimate of drug-likeness (QED) is 0.777. The van der Waals surface area contributed by atoms with Gasteiger partial charge in [0.2, 0.25) is 5.91 Å². The number of aromatic nitrogens is 2. The van der Waals surface area contributed by atoms with Gasteiger partial charge in [0.15, 0.2) is 5.13 Å². The molecule has 0 unspecified atom stereocenters. The summed E-state index contributed by atoms with van der Waals surface area (Å²) in [7, 11) is 0. The molecule has 0 aliphatic heterocycles. The summed E-state index contributed by atoms with van der Waals surface area (Å²) < 4.78 is 0. The van der Waals surface area contributed by atoms with Crippen LogP contribution in [-0.2, 0) is 11.2 Å². The minimum atomic E-state index is -0.140. The lowest BCUT2D eigenvalue weighted by molar-refractivity contribution is -0.116. The van der Waals surface area contributed by atoms with Gasteiger partial charge in [0.1, 0.15) is 0 Å².